The predicted octanol–water partition coefficient (Wildman–Crippen LogP) is -5.11. The highest BCUT2D eigenvalue weighted by Crippen LogP contribution is 2.22. The monoisotopic (exact) mass is 470 g/mol. The number of carbonyl (C=O) groups excluding carboxylic acids is 2. The minimum absolute atomic E-state index is 0.321. The van der Waals surface area contributed by atoms with E-state index < -0.39 is 80.4 Å². The topological polar surface area (TPSA) is 227 Å². The molecule has 10 atom stereocenters. The van der Waals surface area contributed by atoms with Crippen molar-refractivity contribution >= 4 is 11.8 Å². The fraction of sp³-hybridized carbons (Fsp3) is 0.889. The van der Waals surface area contributed by atoms with Crippen molar-refractivity contribution in [3.05, 3.63) is 0 Å². The van der Waals surface area contributed by atoms with Crippen LogP contribution in [-0.4, -0.2) is 129 Å². The zero-order valence-corrected chi connectivity index (χ0v) is 18.1. The Labute approximate surface area is 184 Å². The van der Waals surface area contributed by atoms with E-state index in [2.05, 4.69) is 10.6 Å². The molecule has 0 aromatic carbocycles. The Hall–Kier alpha value is -1.46. The summed E-state index contributed by atoms with van der Waals surface area (Å²) in [6.07, 6.45) is -9.57. The van der Waals surface area contributed by atoms with E-state index in [-0.39, 0.29) is 5.91 Å². The summed E-state index contributed by atoms with van der Waals surface area (Å²) in [5.41, 5.74) is 0. The Balaban J connectivity index is 0.000000323. The van der Waals surface area contributed by atoms with E-state index in [1.807, 2.05) is 0 Å². The number of ether oxygens (including phenoxy) is 3. The molecule has 2 rings (SSSR count). The molecule has 0 radical (unpaired) electrons. The van der Waals surface area contributed by atoms with Gasteiger partial charge < -0.3 is 60.6 Å². The Morgan fingerprint density at radius 1 is 0.781 bits per heavy atom. The molecule has 2 heterocycles. The predicted molar refractivity (Wildman–Crippen MR) is 105 cm³/mol. The fourth-order valence-electron chi connectivity index (χ4n) is 3.26. The smallest absolute Gasteiger partial charge is 0.217 e. The summed E-state index contributed by atoms with van der Waals surface area (Å²) in [5.74, 6) is -0.826. The first-order valence-corrected chi connectivity index (χ1v) is 10.1. The zero-order valence-electron chi connectivity index (χ0n) is 18.1. The average molecular weight is 470 g/mol. The summed E-state index contributed by atoms with van der Waals surface area (Å²) >= 11 is 0. The van der Waals surface area contributed by atoms with Crippen molar-refractivity contribution in [3.8, 4) is 0 Å². The highest BCUT2D eigenvalue weighted by Gasteiger charge is 2.45. The lowest BCUT2D eigenvalue weighted by Crippen LogP contribution is -2.64. The first kappa shape index (κ1) is 28.6. The largest absolute Gasteiger partial charge is 0.394 e. The molecule has 9 N–H and O–H groups in total. The van der Waals surface area contributed by atoms with Gasteiger partial charge in [0.2, 0.25) is 11.8 Å². The minimum atomic E-state index is -1.45. The number of carbonyl (C=O) groups is 2. The molecule has 0 aromatic rings. The fourth-order valence-corrected chi connectivity index (χ4v) is 3.26. The summed E-state index contributed by atoms with van der Waals surface area (Å²) in [5, 5.41) is 70.4. The van der Waals surface area contributed by atoms with Gasteiger partial charge in [-0.2, -0.15) is 0 Å². The maximum Gasteiger partial charge on any atom is 0.217 e. The van der Waals surface area contributed by atoms with E-state index in [1.165, 1.54) is 13.8 Å². The quantitative estimate of drug-likeness (QED) is 0.178. The molecule has 14 nitrogen and oxygen atoms in total. The lowest BCUT2D eigenvalue weighted by Gasteiger charge is -2.42. The van der Waals surface area contributed by atoms with Crippen LogP contribution < -0.4 is 10.6 Å². The standard InChI is InChI=1S/C10H19NO6.C8H15NO6/c1-3-16-10-7(11-5(2)13)9(15)8(14)6(4-12)17-10;1-3(11)9-5-7(13)6(12)4(2-10)15-8(5)14/h6-10,12,14-15H,3-4H2,1-2H3,(H,11,13);4-8,10,12-14H,2H2,1H3,(H,9,11)/t6?,7?,8-,9-,10-;4?,5?,6-,7-,8?/m11/s1. The molecule has 0 aliphatic carbocycles. The van der Waals surface area contributed by atoms with Gasteiger partial charge in [-0.25, -0.2) is 0 Å². The van der Waals surface area contributed by atoms with Gasteiger partial charge in [0.15, 0.2) is 12.6 Å². The first-order chi connectivity index (χ1) is 15.0. The molecule has 0 saturated carbocycles. The molecule has 2 saturated heterocycles. The van der Waals surface area contributed by atoms with Crippen LogP contribution >= 0.6 is 0 Å². The second kappa shape index (κ2) is 13.3. The maximum atomic E-state index is 11.0. The Morgan fingerprint density at radius 3 is 1.66 bits per heavy atom. The van der Waals surface area contributed by atoms with Crippen LogP contribution in [-0.2, 0) is 23.8 Å². The van der Waals surface area contributed by atoms with Crippen molar-refractivity contribution in [2.75, 3.05) is 19.8 Å². The van der Waals surface area contributed by atoms with E-state index in [1.54, 1.807) is 6.92 Å². The van der Waals surface area contributed by atoms with Crippen LogP contribution in [0.2, 0.25) is 0 Å². The third-order valence-electron chi connectivity index (χ3n) is 4.85. The minimum Gasteiger partial charge on any atom is -0.394 e. The van der Waals surface area contributed by atoms with Gasteiger partial charge in [-0.1, -0.05) is 0 Å². The SMILES string of the molecule is CC(=O)NC1C(O)OC(CO)[C@@H](O)[C@@H]1O.CCO[C@@H]1OC(CO)[C@@H](O)[C@H](O)C1NC(C)=O. The Kier molecular flexibility index (Phi) is 11.9. The molecule has 14 heteroatoms. The zero-order chi connectivity index (χ0) is 24.6. The summed E-state index contributed by atoms with van der Waals surface area (Å²) < 4.78 is 15.3. The van der Waals surface area contributed by atoms with E-state index in [0.717, 1.165) is 0 Å². The molecule has 188 valence electrons. The van der Waals surface area contributed by atoms with Crippen molar-refractivity contribution in [1.82, 2.24) is 10.6 Å². The maximum absolute atomic E-state index is 11.0. The van der Waals surface area contributed by atoms with Gasteiger partial charge in [0, 0.05) is 20.5 Å². The van der Waals surface area contributed by atoms with Gasteiger partial charge in [-0.15, -0.1) is 0 Å². The number of amides is 2. The first-order valence-electron chi connectivity index (χ1n) is 10.1. The third-order valence-corrected chi connectivity index (χ3v) is 4.85. The highest BCUT2D eigenvalue weighted by molar-refractivity contribution is 5.73. The molecule has 2 aliphatic rings. The second-order valence-electron chi connectivity index (χ2n) is 7.34. The van der Waals surface area contributed by atoms with Crippen molar-refractivity contribution in [2.24, 2.45) is 0 Å². The van der Waals surface area contributed by atoms with Crippen molar-refractivity contribution < 1.29 is 59.5 Å². The summed E-state index contributed by atoms with van der Waals surface area (Å²) in [6.45, 7) is 3.60. The number of rotatable bonds is 6. The van der Waals surface area contributed by atoms with E-state index in [0.29, 0.717) is 6.61 Å². The van der Waals surface area contributed by atoms with Crippen LogP contribution in [0.4, 0.5) is 0 Å². The van der Waals surface area contributed by atoms with Crippen LogP contribution in [0, 0.1) is 0 Å². The molecule has 2 aliphatic heterocycles. The van der Waals surface area contributed by atoms with Gasteiger partial charge in [0.25, 0.3) is 0 Å². The van der Waals surface area contributed by atoms with E-state index in [9.17, 15) is 35.1 Å². The van der Waals surface area contributed by atoms with Crippen molar-refractivity contribution in [1.29, 1.82) is 0 Å². The summed E-state index contributed by atoms with van der Waals surface area (Å²) in [7, 11) is 0. The molecule has 32 heavy (non-hydrogen) atoms. The molecule has 2 amide bonds. The number of aliphatic hydroxyl groups excluding tert-OH is 7. The average Bonchev–Trinajstić information content (AvgIpc) is 2.73. The molecule has 5 unspecified atom stereocenters. The molecule has 2 fully saturated rings. The summed E-state index contributed by atoms with van der Waals surface area (Å²) in [4.78, 5) is 21.7. The third kappa shape index (κ3) is 7.55. The Morgan fingerprint density at radius 2 is 1.22 bits per heavy atom. The number of hydrogen-bond donors (Lipinski definition) is 9. The molecular weight excluding hydrogens is 436 g/mol. The molecular formula is C18H34N2O12. The van der Waals surface area contributed by atoms with Crippen molar-refractivity contribution in [3.63, 3.8) is 0 Å². The summed E-state index contributed by atoms with van der Waals surface area (Å²) in [6, 6.07) is -1.95. The van der Waals surface area contributed by atoms with Crippen LogP contribution in [0.3, 0.4) is 0 Å². The molecule has 0 aromatic heterocycles. The van der Waals surface area contributed by atoms with E-state index in [4.69, 9.17) is 24.4 Å². The molecule has 0 spiro atoms. The number of aliphatic hydroxyl groups is 7. The number of hydrogen-bond acceptors (Lipinski definition) is 12. The van der Waals surface area contributed by atoms with Gasteiger partial charge in [0.05, 0.1) is 13.2 Å². The highest BCUT2D eigenvalue weighted by atomic mass is 16.7. The van der Waals surface area contributed by atoms with Gasteiger partial charge in [-0.3, -0.25) is 9.59 Å². The molecule has 0 bridgehead atoms. The van der Waals surface area contributed by atoms with Crippen LogP contribution in [0.15, 0.2) is 0 Å². The number of nitrogens with one attached hydrogen (secondary N) is 2. The van der Waals surface area contributed by atoms with Crippen molar-refractivity contribution in [2.45, 2.75) is 82.1 Å². The van der Waals surface area contributed by atoms with Crippen LogP contribution in [0.25, 0.3) is 0 Å². The lowest BCUT2D eigenvalue weighted by molar-refractivity contribution is -0.268. The normalized spacial score (nSPS) is 39.4. The van der Waals surface area contributed by atoms with Crippen LogP contribution in [0.5, 0.6) is 0 Å². The van der Waals surface area contributed by atoms with Crippen LogP contribution in [0.1, 0.15) is 20.8 Å². The lowest BCUT2D eigenvalue weighted by atomic mass is 9.97. The van der Waals surface area contributed by atoms with E-state index >= 15 is 0 Å². The van der Waals surface area contributed by atoms with Gasteiger partial charge in [-0.05, 0) is 6.92 Å². The second-order valence-corrected chi connectivity index (χ2v) is 7.34. The van der Waals surface area contributed by atoms with Gasteiger partial charge >= 0.3 is 0 Å². The Bertz CT molecular complexity index is 596. The van der Waals surface area contributed by atoms with Gasteiger partial charge in [0.1, 0.15) is 48.7 Å².